The van der Waals surface area contributed by atoms with Crippen LogP contribution in [0.15, 0.2) is 24.3 Å². The fraction of sp³-hybridized carbons (Fsp3) is 0.182. The van der Waals surface area contributed by atoms with Crippen LogP contribution in [0.1, 0.15) is 12.5 Å². The molecule has 0 fully saturated rings. The summed E-state index contributed by atoms with van der Waals surface area (Å²) >= 11 is 1.42. The first kappa shape index (κ1) is 9.98. The molecule has 0 aliphatic heterocycles. The van der Waals surface area contributed by atoms with Gasteiger partial charge in [-0.25, -0.2) is 4.98 Å². The zero-order valence-corrected chi connectivity index (χ0v) is 9.34. The Morgan fingerprint density at radius 3 is 2.33 bits per heavy atom. The third-order valence-corrected chi connectivity index (χ3v) is 3.24. The molecule has 0 atom stereocenters. The van der Waals surface area contributed by atoms with Crippen molar-refractivity contribution in [3.63, 3.8) is 0 Å². The highest BCUT2D eigenvalue weighted by molar-refractivity contribution is 7.19. The lowest BCUT2D eigenvalue weighted by Crippen LogP contribution is -1.88. The Hall–Kier alpha value is -1.55. The van der Waals surface area contributed by atoms with Crippen molar-refractivity contribution in [1.82, 2.24) is 4.98 Å². The molecule has 0 aliphatic carbocycles. The number of benzene rings is 1. The number of nitrogens with zero attached hydrogens (tertiary/aromatic N) is 1. The van der Waals surface area contributed by atoms with E-state index >= 15 is 0 Å². The first-order chi connectivity index (χ1) is 7.20. The predicted molar refractivity (Wildman–Crippen MR) is 65.8 cm³/mol. The van der Waals surface area contributed by atoms with Gasteiger partial charge in [-0.05, 0) is 17.5 Å². The molecule has 0 saturated carbocycles. The van der Waals surface area contributed by atoms with E-state index in [-0.39, 0.29) is 0 Å². The average molecular weight is 219 g/mol. The normalized spacial score (nSPS) is 10.5. The van der Waals surface area contributed by atoms with Crippen molar-refractivity contribution in [2.24, 2.45) is 0 Å². The van der Waals surface area contributed by atoms with E-state index in [0.717, 1.165) is 16.9 Å². The molecular weight excluding hydrogens is 206 g/mol. The van der Waals surface area contributed by atoms with Gasteiger partial charge in [-0.2, -0.15) is 0 Å². The number of thiazole rings is 1. The van der Waals surface area contributed by atoms with Crippen molar-refractivity contribution in [3.05, 3.63) is 29.8 Å². The first-order valence-corrected chi connectivity index (χ1v) is 5.63. The van der Waals surface area contributed by atoms with E-state index in [0.29, 0.717) is 10.9 Å². The molecule has 2 aromatic rings. The summed E-state index contributed by atoms with van der Waals surface area (Å²) in [4.78, 5) is 4.96. The van der Waals surface area contributed by atoms with E-state index in [9.17, 15) is 0 Å². The van der Waals surface area contributed by atoms with E-state index in [1.807, 2.05) is 0 Å². The molecule has 0 aliphatic rings. The first-order valence-electron chi connectivity index (χ1n) is 4.81. The van der Waals surface area contributed by atoms with Crippen LogP contribution in [-0.2, 0) is 6.42 Å². The van der Waals surface area contributed by atoms with Crippen LogP contribution < -0.4 is 11.5 Å². The highest BCUT2D eigenvalue weighted by atomic mass is 32.1. The van der Waals surface area contributed by atoms with Gasteiger partial charge in [0.2, 0.25) is 0 Å². The Kier molecular flexibility index (Phi) is 2.60. The molecule has 0 unspecified atom stereocenters. The zero-order chi connectivity index (χ0) is 10.8. The highest BCUT2D eigenvalue weighted by Gasteiger charge is 2.08. The number of hydrogen-bond donors (Lipinski definition) is 2. The summed E-state index contributed by atoms with van der Waals surface area (Å²) in [6.45, 7) is 2.13. The Bertz CT molecular complexity index is 459. The molecule has 4 N–H and O–H groups in total. The smallest absolute Gasteiger partial charge is 0.182 e. The molecule has 4 heteroatoms. The summed E-state index contributed by atoms with van der Waals surface area (Å²) in [6, 6.07) is 8.32. The molecule has 1 aromatic carbocycles. The van der Waals surface area contributed by atoms with E-state index in [1.165, 1.54) is 16.9 Å². The standard InChI is InChI=1S/C11H13N3S/c1-2-7-3-5-8(6-4-7)9-10(12)14-11(13)15-9/h3-6H,2,12H2,1H3,(H2,13,14). The SMILES string of the molecule is CCc1ccc(-c2sc(N)nc2N)cc1. The second-order valence-electron chi connectivity index (χ2n) is 3.32. The van der Waals surface area contributed by atoms with Crippen molar-refractivity contribution < 1.29 is 0 Å². The molecule has 0 spiro atoms. The van der Waals surface area contributed by atoms with Gasteiger partial charge in [0.1, 0.15) is 5.82 Å². The molecule has 0 saturated heterocycles. The Labute approximate surface area is 92.8 Å². The van der Waals surface area contributed by atoms with E-state index in [2.05, 4.69) is 36.2 Å². The molecule has 1 aromatic heterocycles. The van der Waals surface area contributed by atoms with Crippen LogP contribution in [-0.4, -0.2) is 4.98 Å². The topological polar surface area (TPSA) is 64.9 Å². The Morgan fingerprint density at radius 1 is 1.20 bits per heavy atom. The molecule has 3 nitrogen and oxygen atoms in total. The monoisotopic (exact) mass is 219 g/mol. The lowest BCUT2D eigenvalue weighted by Gasteiger charge is -2.00. The number of nitrogens with two attached hydrogens (primary N) is 2. The van der Waals surface area contributed by atoms with Gasteiger partial charge < -0.3 is 11.5 Å². The number of nitrogen functional groups attached to an aromatic ring is 2. The lowest BCUT2D eigenvalue weighted by molar-refractivity contribution is 1.14. The zero-order valence-electron chi connectivity index (χ0n) is 8.53. The summed E-state index contributed by atoms with van der Waals surface area (Å²) in [5, 5.41) is 0.516. The molecule has 0 radical (unpaired) electrons. The van der Waals surface area contributed by atoms with Gasteiger partial charge in [0.05, 0.1) is 4.88 Å². The van der Waals surface area contributed by atoms with Gasteiger partial charge in [0.25, 0.3) is 0 Å². The summed E-state index contributed by atoms with van der Waals surface area (Å²) < 4.78 is 0. The van der Waals surface area contributed by atoms with Crippen LogP contribution in [0.3, 0.4) is 0 Å². The Morgan fingerprint density at radius 2 is 1.87 bits per heavy atom. The highest BCUT2D eigenvalue weighted by Crippen LogP contribution is 2.33. The number of rotatable bonds is 2. The van der Waals surface area contributed by atoms with Crippen molar-refractivity contribution >= 4 is 22.3 Å². The summed E-state index contributed by atoms with van der Waals surface area (Å²) in [5.41, 5.74) is 13.8. The van der Waals surface area contributed by atoms with Crippen molar-refractivity contribution in [1.29, 1.82) is 0 Å². The third-order valence-electron chi connectivity index (χ3n) is 2.29. The van der Waals surface area contributed by atoms with Crippen LogP contribution in [0.25, 0.3) is 10.4 Å². The molecule has 1 heterocycles. The van der Waals surface area contributed by atoms with Gasteiger partial charge in [0, 0.05) is 0 Å². The fourth-order valence-corrected chi connectivity index (χ4v) is 2.21. The largest absolute Gasteiger partial charge is 0.382 e. The van der Waals surface area contributed by atoms with E-state index in [1.54, 1.807) is 0 Å². The van der Waals surface area contributed by atoms with Gasteiger partial charge >= 0.3 is 0 Å². The quantitative estimate of drug-likeness (QED) is 0.815. The molecule has 2 rings (SSSR count). The van der Waals surface area contributed by atoms with Crippen LogP contribution in [0.4, 0.5) is 10.9 Å². The lowest BCUT2D eigenvalue weighted by atomic mass is 10.1. The van der Waals surface area contributed by atoms with Crippen molar-refractivity contribution in [3.8, 4) is 10.4 Å². The number of anilines is 2. The van der Waals surface area contributed by atoms with Crippen LogP contribution in [0.5, 0.6) is 0 Å². The minimum absolute atomic E-state index is 0.516. The van der Waals surface area contributed by atoms with Crippen molar-refractivity contribution in [2.75, 3.05) is 11.5 Å². The van der Waals surface area contributed by atoms with Crippen LogP contribution in [0.2, 0.25) is 0 Å². The van der Waals surface area contributed by atoms with Gasteiger partial charge in [-0.1, -0.05) is 42.5 Å². The maximum atomic E-state index is 5.76. The summed E-state index contributed by atoms with van der Waals surface area (Å²) in [6.07, 6.45) is 1.04. The molecule has 15 heavy (non-hydrogen) atoms. The average Bonchev–Trinajstić information content (AvgIpc) is 2.58. The minimum Gasteiger partial charge on any atom is -0.382 e. The summed E-state index contributed by atoms with van der Waals surface area (Å²) in [5.74, 6) is 0.516. The second kappa shape index (κ2) is 3.90. The number of aromatic nitrogens is 1. The van der Waals surface area contributed by atoms with E-state index < -0.39 is 0 Å². The number of aryl methyl sites for hydroxylation is 1. The molecular formula is C11H13N3S. The van der Waals surface area contributed by atoms with Crippen LogP contribution in [0, 0.1) is 0 Å². The maximum Gasteiger partial charge on any atom is 0.182 e. The molecule has 0 bridgehead atoms. The van der Waals surface area contributed by atoms with Gasteiger partial charge in [-0.3, -0.25) is 0 Å². The molecule has 78 valence electrons. The van der Waals surface area contributed by atoms with E-state index in [4.69, 9.17) is 11.5 Å². The maximum absolute atomic E-state index is 5.76. The predicted octanol–water partition coefficient (Wildman–Crippen LogP) is 2.54. The van der Waals surface area contributed by atoms with Gasteiger partial charge in [-0.15, -0.1) is 0 Å². The second-order valence-corrected chi connectivity index (χ2v) is 4.35. The van der Waals surface area contributed by atoms with Crippen LogP contribution >= 0.6 is 11.3 Å². The van der Waals surface area contributed by atoms with Crippen molar-refractivity contribution in [2.45, 2.75) is 13.3 Å². The number of hydrogen-bond acceptors (Lipinski definition) is 4. The molecule has 0 amide bonds. The van der Waals surface area contributed by atoms with Gasteiger partial charge in [0.15, 0.2) is 5.13 Å². The summed E-state index contributed by atoms with van der Waals surface area (Å²) in [7, 11) is 0. The third kappa shape index (κ3) is 1.94. The fourth-order valence-electron chi connectivity index (χ4n) is 1.45. The minimum atomic E-state index is 0.516. The Balaban J connectivity index is 2.41.